The highest BCUT2D eigenvalue weighted by Gasteiger charge is 2.14. The minimum Gasteiger partial charge on any atom is -0.545 e. The number of benzene rings is 1. The first-order chi connectivity index (χ1) is 5.93. The van der Waals surface area contributed by atoms with Crippen LogP contribution in [0.4, 0.5) is 0 Å². The average molecular weight is 218 g/mol. The second kappa shape index (κ2) is 4.18. The minimum atomic E-state index is -4.50. The predicted octanol–water partition coefficient (Wildman–Crippen LogP) is -0.541. The van der Waals surface area contributed by atoms with Gasteiger partial charge in [-0.2, -0.15) is 8.42 Å². The molecule has 0 aliphatic carbocycles. The van der Waals surface area contributed by atoms with Crippen LogP contribution >= 0.6 is 0 Å². The van der Waals surface area contributed by atoms with Crippen molar-refractivity contribution in [3.63, 3.8) is 0 Å². The van der Waals surface area contributed by atoms with Gasteiger partial charge in [0.05, 0.1) is 5.97 Å². The summed E-state index contributed by atoms with van der Waals surface area (Å²) in [4.78, 5) is 9.72. The van der Waals surface area contributed by atoms with Crippen molar-refractivity contribution in [2.45, 2.75) is 4.90 Å². The molecule has 1 aromatic rings. The van der Waals surface area contributed by atoms with Gasteiger partial charge in [0.25, 0.3) is 10.1 Å². The summed E-state index contributed by atoms with van der Waals surface area (Å²) in [6.45, 7) is 0. The molecule has 1 aromatic carbocycles. The lowest BCUT2D eigenvalue weighted by Gasteiger charge is -2.06. The molecule has 0 amide bonds. The molecule has 0 saturated heterocycles. The van der Waals surface area contributed by atoms with Crippen molar-refractivity contribution in [2.24, 2.45) is 0 Å². The highest BCUT2D eigenvalue weighted by molar-refractivity contribution is 7.86. The third-order valence-electron chi connectivity index (χ3n) is 1.38. The van der Waals surface area contributed by atoms with Crippen LogP contribution in [0, 0.1) is 0 Å². The Morgan fingerprint density at radius 1 is 1.29 bits per heavy atom. The first-order valence-electron chi connectivity index (χ1n) is 3.21. The zero-order valence-electron chi connectivity index (χ0n) is 7.00. The van der Waals surface area contributed by atoms with Gasteiger partial charge in [-0.3, -0.25) is 4.55 Å². The lowest BCUT2D eigenvalue weighted by atomic mass is 10.2. The predicted molar refractivity (Wildman–Crippen MR) is 45.6 cm³/mol. The second-order valence-corrected chi connectivity index (χ2v) is 3.65. The largest absolute Gasteiger partial charge is 0.545 e. The summed E-state index contributed by atoms with van der Waals surface area (Å²) < 4.78 is 29.8. The van der Waals surface area contributed by atoms with Crippen molar-refractivity contribution < 1.29 is 22.9 Å². The minimum absolute atomic E-state index is 0. The van der Waals surface area contributed by atoms with Crippen molar-refractivity contribution in [1.29, 1.82) is 0 Å². The Labute approximate surface area is 80.5 Å². The maximum atomic E-state index is 10.6. The SMILES string of the molecule is N.O=C([O-])c1ccccc1S(=O)(=O)O. The summed E-state index contributed by atoms with van der Waals surface area (Å²) in [6, 6.07) is 4.66. The molecule has 4 N–H and O–H groups in total. The Morgan fingerprint density at radius 3 is 2.14 bits per heavy atom. The van der Waals surface area contributed by atoms with E-state index in [0.29, 0.717) is 0 Å². The van der Waals surface area contributed by atoms with Gasteiger partial charge in [-0.15, -0.1) is 0 Å². The van der Waals surface area contributed by atoms with Crippen LogP contribution in [-0.4, -0.2) is 18.9 Å². The van der Waals surface area contributed by atoms with Crippen molar-refractivity contribution in [3.05, 3.63) is 29.8 Å². The Balaban J connectivity index is 0.00000169. The van der Waals surface area contributed by atoms with Crippen LogP contribution in [0.3, 0.4) is 0 Å². The highest BCUT2D eigenvalue weighted by atomic mass is 32.2. The average Bonchev–Trinajstić information content (AvgIpc) is 2.03. The van der Waals surface area contributed by atoms with Gasteiger partial charge in [0.15, 0.2) is 0 Å². The first-order valence-corrected chi connectivity index (χ1v) is 4.65. The van der Waals surface area contributed by atoms with Crippen LogP contribution in [0.15, 0.2) is 29.2 Å². The molecule has 0 heterocycles. The Hall–Kier alpha value is -1.44. The van der Waals surface area contributed by atoms with Gasteiger partial charge in [-0.1, -0.05) is 18.2 Å². The fourth-order valence-electron chi connectivity index (χ4n) is 0.860. The zero-order valence-corrected chi connectivity index (χ0v) is 7.82. The summed E-state index contributed by atoms with van der Waals surface area (Å²) in [5.74, 6) is -1.65. The van der Waals surface area contributed by atoms with Crippen LogP contribution in [-0.2, 0) is 10.1 Å². The summed E-state index contributed by atoms with van der Waals surface area (Å²) in [5.41, 5.74) is -0.551. The lowest BCUT2D eigenvalue weighted by molar-refractivity contribution is -0.255. The number of aromatic carboxylic acids is 1. The molecule has 6 nitrogen and oxygen atoms in total. The number of hydrogen-bond acceptors (Lipinski definition) is 5. The van der Waals surface area contributed by atoms with E-state index in [9.17, 15) is 18.3 Å². The molecule has 7 heteroatoms. The van der Waals surface area contributed by atoms with E-state index < -0.39 is 26.5 Å². The normalized spacial score (nSPS) is 10.4. The molecule has 0 fully saturated rings. The Bertz CT molecular complexity index is 439. The molecule has 0 aliphatic rings. The monoisotopic (exact) mass is 218 g/mol. The van der Waals surface area contributed by atoms with Gasteiger partial charge in [-0.25, -0.2) is 0 Å². The lowest BCUT2D eigenvalue weighted by Crippen LogP contribution is -2.24. The second-order valence-electron chi connectivity index (χ2n) is 2.26. The van der Waals surface area contributed by atoms with E-state index in [1.807, 2.05) is 0 Å². The molecule has 14 heavy (non-hydrogen) atoms. The number of carbonyl (C=O) groups is 1. The van der Waals surface area contributed by atoms with Crippen LogP contribution in [0.1, 0.15) is 10.4 Å². The van der Waals surface area contributed by atoms with E-state index in [1.54, 1.807) is 0 Å². The van der Waals surface area contributed by atoms with E-state index in [1.165, 1.54) is 12.1 Å². The standard InChI is InChI=1S/C7H6O5S.H3N/c8-7(9)5-3-1-2-4-6(5)13(10,11)12;/h1-4H,(H,8,9)(H,10,11,12);1H3/p-1. The van der Waals surface area contributed by atoms with E-state index in [4.69, 9.17) is 4.55 Å². The van der Waals surface area contributed by atoms with Crippen LogP contribution in [0.25, 0.3) is 0 Å². The van der Waals surface area contributed by atoms with Gasteiger partial charge in [-0.05, 0) is 6.07 Å². The number of carboxylic acid groups (broad SMARTS) is 1. The van der Waals surface area contributed by atoms with E-state index in [0.717, 1.165) is 12.1 Å². The number of hydrogen-bond donors (Lipinski definition) is 2. The summed E-state index contributed by atoms with van der Waals surface area (Å²) >= 11 is 0. The maximum Gasteiger partial charge on any atom is 0.295 e. The fraction of sp³-hybridized carbons (Fsp3) is 0. The van der Waals surface area contributed by atoms with Gasteiger partial charge in [0.1, 0.15) is 4.90 Å². The molecular formula is C7H8NO5S-. The molecule has 0 radical (unpaired) electrons. The molecule has 0 bridgehead atoms. The summed E-state index contributed by atoms with van der Waals surface area (Å²) in [7, 11) is -4.50. The zero-order chi connectivity index (χ0) is 10.1. The molecule has 78 valence electrons. The van der Waals surface area contributed by atoms with Crippen molar-refractivity contribution >= 4 is 16.1 Å². The maximum absolute atomic E-state index is 10.6. The fourth-order valence-corrected chi connectivity index (χ4v) is 1.54. The Morgan fingerprint density at radius 2 is 1.79 bits per heavy atom. The van der Waals surface area contributed by atoms with E-state index >= 15 is 0 Å². The molecule has 0 aliphatic heterocycles. The molecule has 0 atom stereocenters. The van der Waals surface area contributed by atoms with Crippen molar-refractivity contribution in [1.82, 2.24) is 6.15 Å². The summed E-state index contributed by atoms with van der Waals surface area (Å²) in [5, 5.41) is 10.4. The van der Waals surface area contributed by atoms with Gasteiger partial charge in [0, 0.05) is 5.56 Å². The third kappa shape index (κ3) is 2.52. The quantitative estimate of drug-likeness (QED) is 0.641. The highest BCUT2D eigenvalue weighted by Crippen LogP contribution is 2.13. The van der Waals surface area contributed by atoms with Crippen LogP contribution in [0.5, 0.6) is 0 Å². The molecule has 1 rings (SSSR count). The molecule has 0 saturated carbocycles. The van der Waals surface area contributed by atoms with E-state index in [2.05, 4.69) is 0 Å². The topological polar surface area (TPSA) is 129 Å². The number of carbonyl (C=O) groups excluding carboxylic acids is 1. The first kappa shape index (κ1) is 12.6. The Kier molecular flexibility index (Phi) is 3.75. The third-order valence-corrected chi connectivity index (χ3v) is 2.30. The number of rotatable bonds is 2. The number of carboxylic acids is 1. The van der Waals surface area contributed by atoms with Crippen molar-refractivity contribution in [3.8, 4) is 0 Å². The van der Waals surface area contributed by atoms with Gasteiger partial charge in [0.2, 0.25) is 0 Å². The molecule has 0 unspecified atom stereocenters. The molecule has 0 spiro atoms. The van der Waals surface area contributed by atoms with Gasteiger partial charge < -0.3 is 16.1 Å². The van der Waals surface area contributed by atoms with Crippen LogP contribution < -0.4 is 11.3 Å². The smallest absolute Gasteiger partial charge is 0.295 e. The van der Waals surface area contributed by atoms with E-state index in [-0.39, 0.29) is 6.15 Å². The molecular weight excluding hydrogens is 210 g/mol. The molecule has 0 aromatic heterocycles. The van der Waals surface area contributed by atoms with Crippen molar-refractivity contribution in [2.75, 3.05) is 0 Å². The summed E-state index contributed by atoms with van der Waals surface area (Å²) in [6.07, 6.45) is 0. The van der Waals surface area contributed by atoms with Crippen LogP contribution in [0.2, 0.25) is 0 Å². The van der Waals surface area contributed by atoms with Gasteiger partial charge >= 0.3 is 0 Å².